The van der Waals surface area contributed by atoms with Crippen LogP contribution in [0.5, 0.6) is 0 Å². The van der Waals surface area contributed by atoms with Gasteiger partial charge in [-0.15, -0.1) is 0 Å². The number of carbonyl (C=O) groups is 2. The molecule has 0 saturated carbocycles. The van der Waals surface area contributed by atoms with Gasteiger partial charge in [-0.3, -0.25) is 9.59 Å². The van der Waals surface area contributed by atoms with Crippen LogP contribution in [0.4, 0.5) is 0 Å². The van der Waals surface area contributed by atoms with E-state index in [0.717, 1.165) is 6.42 Å². The topological polar surface area (TPSA) is 49.4 Å². The summed E-state index contributed by atoms with van der Waals surface area (Å²) >= 11 is 6.28. The van der Waals surface area contributed by atoms with E-state index >= 15 is 0 Å². The number of hydrogen-bond donors (Lipinski definition) is 1. The molecule has 25 heavy (non-hydrogen) atoms. The van der Waals surface area contributed by atoms with E-state index in [-0.39, 0.29) is 24.3 Å². The third kappa shape index (κ3) is 3.40. The molecule has 0 bridgehead atoms. The second-order valence-electron chi connectivity index (χ2n) is 6.23. The maximum Gasteiger partial charge on any atom is 0.251 e. The van der Waals surface area contributed by atoms with Crippen molar-refractivity contribution in [3.8, 4) is 0 Å². The van der Waals surface area contributed by atoms with Crippen molar-refractivity contribution in [2.75, 3.05) is 13.6 Å². The van der Waals surface area contributed by atoms with Gasteiger partial charge in [0.05, 0.1) is 12.5 Å². The Labute approximate surface area is 152 Å². The fraction of sp³-hybridized carbons (Fsp3) is 0.300. The minimum atomic E-state index is -0.234. The minimum Gasteiger partial charge on any atom is -0.355 e. The Morgan fingerprint density at radius 3 is 2.72 bits per heavy atom. The number of nitrogens with zero attached hydrogens (tertiary/aromatic N) is 1. The Morgan fingerprint density at radius 2 is 1.96 bits per heavy atom. The van der Waals surface area contributed by atoms with Gasteiger partial charge in [0.1, 0.15) is 0 Å². The number of halogens is 1. The summed E-state index contributed by atoms with van der Waals surface area (Å²) in [6.45, 7) is 2.72. The summed E-state index contributed by atoms with van der Waals surface area (Å²) < 4.78 is 0. The first-order chi connectivity index (χ1) is 12.0. The molecule has 1 aliphatic heterocycles. The number of nitrogens with one attached hydrogen (secondary N) is 1. The zero-order chi connectivity index (χ0) is 18.0. The van der Waals surface area contributed by atoms with Crippen LogP contribution in [0, 0.1) is 0 Å². The highest BCUT2D eigenvalue weighted by atomic mass is 35.5. The maximum atomic E-state index is 12.9. The van der Waals surface area contributed by atoms with Crippen molar-refractivity contribution in [2.24, 2.45) is 0 Å². The lowest BCUT2D eigenvalue weighted by atomic mass is 9.93. The number of hydrogen-bond acceptors (Lipinski definition) is 2. The fourth-order valence-electron chi connectivity index (χ4n) is 3.45. The summed E-state index contributed by atoms with van der Waals surface area (Å²) in [4.78, 5) is 26.9. The highest BCUT2D eigenvalue weighted by molar-refractivity contribution is 6.32. The van der Waals surface area contributed by atoms with Gasteiger partial charge in [0.2, 0.25) is 5.91 Å². The van der Waals surface area contributed by atoms with Crippen LogP contribution in [0.1, 0.15) is 40.0 Å². The third-order valence-electron chi connectivity index (χ3n) is 4.83. The molecule has 130 valence electrons. The third-order valence-corrected chi connectivity index (χ3v) is 5.19. The molecule has 0 saturated heterocycles. The maximum absolute atomic E-state index is 12.9. The van der Waals surface area contributed by atoms with Crippen molar-refractivity contribution in [1.82, 2.24) is 10.2 Å². The molecule has 5 heteroatoms. The van der Waals surface area contributed by atoms with Crippen molar-refractivity contribution >= 4 is 23.4 Å². The largest absolute Gasteiger partial charge is 0.355 e. The van der Waals surface area contributed by atoms with Crippen LogP contribution in [0.3, 0.4) is 0 Å². The van der Waals surface area contributed by atoms with E-state index in [0.29, 0.717) is 22.7 Å². The van der Waals surface area contributed by atoms with Crippen molar-refractivity contribution < 1.29 is 9.59 Å². The van der Waals surface area contributed by atoms with Gasteiger partial charge >= 0.3 is 0 Å². The van der Waals surface area contributed by atoms with Crippen LogP contribution >= 0.6 is 11.6 Å². The Bertz CT molecular complexity index is 819. The van der Waals surface area contributed by atoms with Gasteiger partial charge in [0.25, 0.3) is 5.91 Å². The van der Waals surface area contributed by atoms with E-state index in [2.05, 4.69) is 17.4 Å². The minimum absolute atomic E-state index is 0.0137. The average molecular weight is 357 g/mol. The van der Waals surface area contributed by atoms with Crippen LogP contribution in [-0.4, -0.2) is 30.3 Å². The van der Waals surface area contributed by atoms with Crippen LogP contribution in [0.2, 0.25) is 5.02 Å². The van der Waals surface area contributed by atoms with Crippen molar-refractivity contribution in [1.29, 1.82) is 0 Å². The molecule has 1 atom stereocenters. The predicted octanol–water partition coefficient (Wildman–Crippen LogP) is 3.39. The Kier molecular flexibility index (Phi) is 5.09. The lowest BCUT2D eigenvalue weighted by Crippen LogP contribution is -2.40. The highest BCUT2D eigenvalue weighted by Gasteiger charge is 2.28. The molecule has 0 spiro atoms. The summed E-state index contributed by atoms with van der Waals surface area (Å²) in [6.07, 6.45) is 0.964. The fourth-order valence-corrected chi connectivity index (χ4v) is 3.69. The van der Waals surface area contributed by atoms with Gasteiger partial charge in [-0.05, 0) is 42.2 Å². The first kappa shape index (κ1) is 17.5. The molecular formula is C20H21ClN2O2. The molecule has 2 amide bonds. The molecule has 3 rings (SSSR count). The first-order valence-corrected chi connectivity index (χ1v) is 8.77. The smallest absolute Gasteiger partial charge is 0.251 e. The van der Waals surface area contributed by atoms with E-state index in [1.165, 1.54) is 11.1 Å². The normalized spacial score (nSPS) is 16.3. The molecule has 2 aromatic rings. The van der Waals surface area contributed by atoms with Gasteiger partial charge in [-0.25, -0.2) is 0 Å². The van der Waals surface area contributed by atoms with Crippen molar-refractivity contribution in [2.45, 2.75) is 25.8 Å². The van der Waals surface area contributed by atoms with Crippen molar-refractivity contribution in [3.05, 3.63) is 69.7 Å². The first-order valence-electron chi connectivity index (χ1n) is 8.39. The van der Waals surface area contributed by atoms with E-state index in [4.69, 9.17) is 11.6 Å². The quantitative estimate of drug-likeness (QED) is 0.916. The molecule has 1 aliphatic rings. The van der Waals surface area contributed by atoms with Crippen LogP contribution < -0.4 is 5.32 Å². The van der Waals surface area contributed by atoms with Gasteiger partial charge in [0, 0.05) is 24.2 Å². The number of amides is 2. The number of carbonyl (C=O) groups excluding carboxylic acids is 2. The Hall–Kier alpha value is -2.33. The second kappa shape index (κ2) is 7.28. The standard InChI is InChI=1S/C20H21ClN2O2/c1-13-15-7-4-3-6-14(15)10-11-23(13)19(24)12-17-16(20(25)22-2)8-5-9-18(17)21/h3-9,13H,10-12H2,1-2H3,(H,22,25). The average Bonchev–Trinajstić information content (AvgIpc) is 2.63. The molecule has 1 N–H and O–H groups in total. The van der Waals surface area contributed by atoms with Gasteiger partial charge < -0.3 is 10.2 Å². The number of fused-ring (bicyclic) bond motifs is 1. The van der Waals surface area contributed by atoms with E-state index in [9.17, 15) is 9.59 Å². The molecular weight excluding hydrogens is 336 g/mol. The summed E-state index contributed by atoms with van der Waals surface area (Å²) in [5.74, 6) is -0.248. The zero-order valence-corrected chi connectivity index (χ0v) is 15.1. The number of benzene rings is 2. The highest BCUT2D eigenvalue weighted by Crippen LogP contribution is 2.30. The molecule has 2 aromatic carbocycles. The Balaban J connectivity index is 1.86. The van der Waals surface area contributed by atoms with Crippen LogP contribution in [0.15, 0.2) is 42.5 Å². The monoisotopic (exact) mass is 356 g/mol. The molecule has 0 radical (unpaired) electrons. The lowest BCUT2D eigenvalue weighted by molar-refractivity contribution is -0.133. The molecule has 1 unspecified atom stereocenters. The summed E-state index contributed by atoms with van der Waals surface area (Å²) in [5.41, 5.74) is 3.52. The molecule has 0 fully saturated rings. The van der Waals surface area contributed by atoms with Crippen molar-refractivity contribution in [3.63, 3.8) is 0 Å². The molecule has 0 aliphatic carbocycles. The summed E-state index contributed by atoms with van der Waals surface area (Å²) in [6, 6.07) is 13.4. The van der Waals surface area contributed by atoms with Crippen LogP contribution in [-0.2, 0) is 17.6 Å². The van der Waals surface area contributed by atoms with Gasteiger partial charge in [-0.2, -0.15) is 0 Å². The second-order valence-corrected chi connectivity index (χ2v) is 6.64. The van der Waals surface area contributed by atoms with Gasteiger partial charge in [0.15, 0.2) is 0 Å². The van der Waals surface area contributed by atoms with E-state index < -0.39 is 0 Å². The molecule has 1 heterocycles. The van der Waals surface area contributed by atoms with E-state index in [1.54, 1.807) is 25.2 Å². The van der Waals surface area contributed by atoms with E-state index in [1.807, 2.05) is 24.0 Å². The van der Waals surface area contributed by atoms with Gasteiger partial charge in [-0.1, -0.05) is 41.9 Å². The van der Waals surface area contributed by atoms with Crippen LogP contribution in [0.25, 0.3) is 0 Å². The summed E-state index contributed by atoms with van der Waals surface area (Å²) in [5, 5.41) is 3.04. The lowest BCUT2D eigenvalue weighted by Gasteiger charge is -2.35. The summed E-state index contributed by atoms with van der Waals surface area (Å²) in [7, 11) is 1.57. The zero-order valence-electron chi connectivity index (χ0n) is 14.4. The molecule has 0 aromatic heterocycles. The predicted molar refractivity (Wildman–Crippen MR) is 98.8 cm³/mol. The number of rotatable bonds is 3. The Morgan fingerprint density at radius 1 is 1.20 bits per heavy atom. The molecule has 4 nitrogen and oxygen atoms in total. The SMILES string of the molecule is CNC(=O)c1cccc(Cl)c1CC(=O)N1CCc2ccccc2C1C.